The summed E-state index contributed by atoms with van der Waals surface area (Å²) in [5, 5.41) is 5.81. The van der Waals surface area contributed by atoms with Gasteiger partial charge in [0, 0.05) is 34.9 Å². The van der Waals surface area contributed by atoms with Gasteiger partial charge in [-0.05, 0) is 62.2 Å². The van der Waals surface area contributed by atoms with Gasteiger partial charge in [0.05, 0.1) is 4.88 Å². The van der Waals surface area contributed by atoms with Crippen LogP contribution in [0.2, 0.25) is 0 Å². The number of nitrogens with two attached hydrogens (primary N) is 1. The number of benzene rings is 2. The van der Waals surface area contributed by atoms with E-state index < -0.39 is 5.54 Å². The van der Waals surface area contributed by atoms with Crippen molar-refractivity contribution in [3.05, 3.63) is 82.5 Å². The van der Waals surface area contributed by atoms with Crippen molar-refractivity contribution in [2.75, 3.05) is 10.6 Å². The second-order valence-electron chi connectivity index (χ2n) is 8.10. The molecule has 2 aromatic carbocycles. The molecule has 0 bridgehead atoms. The molecule has 0 spiro atoms. The fourth-order valence-electron chi connectivity index (χ4n) is 3.17. The molecule has 0 aliphatic heterocycles. The quantitative estimate of drug-likeness (QED) is 0.412. The standard InChI is InChI=1S/C24H23N5O2S/c1-14-7-8-17(28-21(30)15-5-4-6-16(11-15)24(2,3)25)12-18(14)29-22(31)20-13-19-23(32-20)27-10-9-26-19/h4-13H,25H2,1-3H3,(H,28,30)(H,29,31). The lowest BCUT2D eigenvalue weighted by atomic mass is 9.94. The van der Waals surface area contributed by atoms with Crippen molar-refractivity contribution in [3.8, 4) is 0 Å². The first kappa shape index (κ1) is 21.6. The van der Waals surface area contributed by atoms with Gasteiger partial charge in [-0.1, -0.05) is 18.2 Å². The van der Waals surface area contributed by atoms with Crippen LogP contribution >= 0.6 is 11.3 Å². The van der Waals surface area contributed by atoms with Gasteiger partial charge in [-0.2, -0.15) is 0 Å². The van der Waals surface area contributed by atoms with Crippen LogP contribution < -0.4 is 16.4 Å². The Balaban J connectivity index is 1.52. The Kier molecular flexibility index (Phi) is 5.73. The van der Waals surface area contributed by atoms with Gasteiger partial charge in [-0.25, -0.2) is 4.98 Å². The molecule has 0 radical (unpaired) electrons. The number of amides is 2. The van der Waals surface area contributed by atoms with E-state index in [9.17, 15) is 9.59 Å². The van der Waals surface area contributed by atoms with Crippen LogP contribution in [0.1, 0.15) is 45.0 Å². The van der Waals surface area contributed by atoms with Crippen LogP contribution in [0.3, 0.4) is 0 Å². The predicted molar refractivity (Wildman–Crippen MR) is 128 cm³/mol. The molecule has 162 valence electrons. The minimum Gasteiger partial charge on any atom is -0.322 e. The molecule has 0 saturated carbocycles. The van der Waals surface area contributed by atoms with Crippen molar-refractivity contribution >= 4 is 44.9 Å². The minimum atomic E-state index is -0.546. The molecule has 2 amide bonds. The molecular weight excluding hydrogens is 422 g/mol. The summed E-state index contributed by atoms with van der Waals surface area (Å²) >= 11 is 1.28. The SMILES string of the molecule is Cc1ccc(NC(=O)c2cccc(C(C)(C)N)c2)cc1NC(=O)c1cc2nccnc2s1. The maximum Gasteiger partial charge on any atom is 0.265 e. The van der Waals surface area contributed by atoms with Gasteiger partial charge in [0.2, 0.25) is 0 Å². The largest absolute Gasteiger partial charge is 0.322 e. The highest BCUT2D eigenvalue weighted by molar-refractivity contribution is 7.20. The first-order chi connectivity index (χ1) is 15.2. The second-order valence-corrected chi connectivity index (χ2v) is 9.13. The van der Waals surface area contributed by atoms with Crippen molar-refractivity contribution in [2.24, 2.45) is 5.73 Å². The zero-order chi connectivity index (χ0) is 22.9. The Bertz CT molecular complexity index is 1290. The van der Waals surface area contributed by atoms with Gasteiger partial charge in [-0.3, -0.25) is 14.6 Å². The van der Waals surface area contributed by atoms with Crippen LogP contribution in [0, 0.1) is 6.92 Å². The molecule has 7 nitrogen and oxygen atoms in total. The number of nitrogens with zero attached hydrogens (tertiary/aromatic N) is 2. The Labute approximate surface area is 189 Å². The van der Waals surface area contributed by atoms with E-state index in [1.54, 1.807) is 42.7 Å². The van der Waals surface area contributed by atoms with Crippen molar-refractivity contribution < 1.29 is 9.59 Å². The summed E-state index contributed by atoms with van der Waals surface area (Å²) < 4.78 is 0. The van der Waals surface area contributed by atoms with Crippen molar-refractivity contribution in [2.45, 2.75) is 26.3 Å². The maximum absolute atomic E-state index is 12.8. The average Bonchev–Trinajstić information content (AvgIpc) is 3.20. The average molecular weight is 446 g/mol. The van der Waals surface area contributed by atoms with E-state index in [0.717, 1.165) is 11.1 Å². The number of thiophene rings is 1. The smallest absolute Gasteiger partial charge is 0.265 e. The van der Waals surface area contributed by atoms with Gasteiger partial charge in [0.15, 0.2) is 0 Å². The molecule has 32 heavy (non-hydrogen) atoms. The fraction of sp³-hybridized carbons (Fsp3) is 0.167. The van der Waals surface area contributed by atoms with E-state index in [1.807, 2.05) is 39.0 Å². The summed E-state index contributed by atoms with van der Waals surface area (Å²) in [6.07, 6.45) is 3.19. The number of rotatable bonds is 5. The Morgan fingerprint density at radius 2 is 1.75 bits per heavy atom. The molecule has 4 rings (SSSR count). The zero-order valence-electron chi connectivity index (χ0n) is 18.0. The second kappa shape index (κ2) is 8.49. The Morgan fingerprint density at radius 3 is 2.50 bits per heavy atom. The highest BCUT2D eigenvalue weighted by atomic mass is 32.1. The summed E-state index contributed by atoms with van der Waals surface area (Å²) in [5.74, 6) is -0.502. The molecule has 4 N–H and O–H groups in total. The van der Waals surface area contributed by atoms with Gasteiger partial charge in [0.25, 0.3) is 11.8 Å². The molecule has 8 heteroatoms. The number of carbonyl (C=O) groups is 2. The summed E-state index contributed by atoms with van der Waals surface area (Å²) in [5.41, 5.74) is 9.74. The third-order valence-corrected chi connectivity index (χ3v) is 6.03. The molecule has 0 fully saturated rings. The Hall–Kier alpha value is -3.62. The number of hydrogen-bond acceptors (Lipinski definition) is 6. The van der Waals surface area contributed by atoms with E-state index in [1.165, 1.54) is 11.3 Å². The molecule has 0 saturated heterocycles. The molecule has 2 aromatic heterocycles. The summed E-state index contributed by atoms with van der Waals surface area (Å²) in [6, 6.07) is 14.3. The highest BCUT2D eigenvalue weighted by Crippen LogP contribution is 2.26. The zero-order valence-corrected chi connectivity index (χ0v) is 18.8. The number of fused-ring (bicyclic) bond motifs is 1. The maximum atomic E-state index is 12.8. The summed E-state index contributed by atoms with van der Waals surface area (Å²) in [4.78, 5) is 35.2. The van der Waals surface area contributed by atoms with E-state index >= 15 is 0 Å². The third kappa shape index (κ3) is 4.66. The van der Waals surface area contributed by atoms with Crippen molar-refractivity contribution in [1.29, 1.82) is 0 Å². The first-order valence-electron chi connectivity index (χ1n) is 10.0. The number of carbonyl (C=O) groups excluding carboxylic acids is 2. The lowest BCUT2D eigenvalue weighted by Gasteiger charge is -2.19. The van der Waals surface area contributed by atoms with Gasteiger partial charge < -0.3 is 16.4 Å². The molecule has 0 aliphatic rings. The van der Waals surface area contributed by atoms with Gasteiger partial charge in [0.1, 0.15) is 10.3 Å². The third-order valence-electron chi connectivity index (χ3n) is 5.00. The van der Waals surface area contributed by atoms with Crippen molar-refractivity contribution in [3.63, 3.8) is 0 Å². The number of aromatic nitrogens is 2. The van der Waals surface area contributed by atoms with Crippen LogP contribution in [0.25, 0.3) is 10.3 Å². The molecule has 0 atom stereocenters. The molecule has 0 unspecified atom stereocenters. The highest BCUT2D eigenvalue weighted by Gasteiger charge is 2.17. The van der Waals surface area contributed by atoms with E-state index in [0.29, 0.717) is 32.2 Å². The fourth-order valence-corrected chi connectivity index (χ4v) is 4.02. The number of aryl methyl sites for hydroxylation is 1. The molecule has 4 aromatic rings. The monoisotopic (exact) mass is 445 g/mol. The van der Waals surface area contributed by atoms with E-state index in [4.69, 9.17) is 5.73 Å². The molecule has 2 heterocycles. The topological polar surface area (TPSA) is 110 Å². The predicted octanol–water partition coefficient (Wildman–Crippen LogP) is 4.70. The van der Waals surface area contributed by atoms with Crippen LogP contribution in [0.15, 0.2) is 60.9 Å². The van der Waals surface area contributed by atoms with Crippen LogP contribution in [0.4, 0.5) is 11.4 Å². The number of anilines is 2. The lowest BCUT2D eigenvalue weighted by Crippen LogP contribution is -2.29. The summed E-state index contributed by atoms with van der Waals surface area (Å²) in [6.45, 7) is 5.67. The Morgan fingerprint density at radius 1 is 0.969 bits per heavy atom. The van der Waals surface area contributed by atoms with E-state index in [-0.39, 0.29) is 11.8 Å². The van der Waals surface area contributed by atoms with Crippen LogP contribution in [-0.2, 0) is 5.54 Å². The number of hydrogen-bond donors (Lipinski definition) is 3. The van der Waals surface area contributed by atoms with Crippen LogP contribution in [-0.4, -0.2) is 21.8 Å². The molecule has 0 aliphatic carbocycles. The van der Waals surface area contributed by atoms with E-state index in [2.05, 4.69) is 20.6 Å². The normalized spacial score (nSPS) is 11.4. The molecular formula is C24H23N5O2S. The van der Waals surface area contributed by atoms with Gasteiger partial charge in [-0.15, -0.1) is 11.3 Å². The number of nitrogens with one attached hydrogen (secondary N) is 2. The summed E-state index contributed by atoms with van der Waals surface area (Å²) in [7, 11) is 0. The minimum absolute atomic E-state index is 0.251. The van der Waals surface area contributed by atoms with Gasteiger partial charge >= 0.3 is 0 Å². The lowest BCUT2D eigenvalue weighted by molar-refractivity contribution is 0.102. The van der Waals surface area contributed by atoms with Crippen molar-refractivity contribution in [1.82, 2.24) is 9.97 Å². The van der Waals surface area contributed by atoms with Crippen LogP contribution in [0.5, 0.6) is 0 Å². The first-order valence-corrected chi connectivity index (χ1v) is 10.9.